The van der Waals surface area contributed by atoms with E-state index >= 15 is 0 Å². The van der Waals surface area contributed by atoms with Crippen molar-refractivity contribution in [3.05, 3.63) is 23.8 Å². The molecule has 0 aliphatic carbocycles. The third kappa shape index (κ3) is 9.47. The Bertz CT molecular complexity index is 413. The molecule has 4 heteroatoms. The van der Waals surface area contributed by atoms with Gasteiger partial charge in [-0.1, -0.05) is 45.4 Å². The summed E-state index contributed by atoms with van der Waals surface area (Å²) in [5, 5.41) is 38.3. The molecule has 0 bridgehead atoms. The predicted molar refractivity (Wildman–Crippen MR) is 92.7 cm³/mol. The Labute approximate surface area is 139 Å². The van der Waals surface area contributed by atoms with Crippen molar-refractivity contribution in [3.8, 4) is 11.5 Å². The van der Waals surface area contributed by atoms with Crippen LogP contribution in [0.15, 0.2) is 18.2 Å². The molecular weight excluding hydrogens is 292 g/mol. The van der Waals surface area contributed by atoms with E-state index in [9.17, 15) is 20.4 Å². The van der Waals surface area contributed by atoms with Crippen LogP contribution < -0.4 is 0 Å². The monoisotopic (exact) mass is 324 g/mol. The van der Waals surface area contributed by atoms with Crippen LogP contribution >= 0.6 is 0 Å². The fourth-order valence-corrected chi connectivity index (χ4v) is 2.82. The van der Waals surface area contributed by atoms with Crippen LogP contribution in [-0.2, 0) is 6.42 Å². The van der Waals surface area contributed by atoms with E-state index in [0.29, 0.717) is 6.42 Å². The summed E-state index contributed by atoms with van der Waals surface area (Å²) < 4.78 is 0. The number of hydrogen-bond donors (Lipinski definition) is 4. The average Bonchev–Trinajstić information content (AvgIpc) is 2.48. The van der Waals surface area contributed by atoms with Gasteiger partial charge >= 0.3 is 0 Å². The van der Waals surface area contributed by atoms with E-state index in [-0.39, 0.29) is 17.6 Å². The van der Waals surface area contributed by atoms with Crippen LogP contribution in [0.3, 0.4) is 0 Å². The highest BCUT2D eigenvalue weighted by molar-refractivity contribution is 5.36. The summed E-state index contributed by atoms with van der Waals surface area (Å²) in [6.45, 7) is 2.01. The van der Waals surface area contributed by atoms with Crippen molar-refractivity contribution in [2.45, 2.75) is 83.3 Å². The smallest absolute Gasteiger partial charge is 0.119 e. The lowest BCUT2D eigenvalue weighted by Crippen LogP contribution is -2.10. The number of aliphatic hydroxyl groups excluding tert-OH is 2. The Hall–Kier alpha value is -1.26. The predicted octanol–water partition coefficient (Wildman–Crippen LogP) is 3.89. The van der Waals surface area contributed by atoms with E-state index in [2.05, 4.69) is 0 Å². The number of unbranched alkanes of at least 4 members (excludes halogenated alkanes) is 5. The molecule has 4 nitrogen and oxygen atoms in total. The van der Waals surface area contributed by atoms with Gasteiger partial charge in [0.15, 0.2) is 0 Å². The fraction of sp³-hybridized carbons (Fsp3) is 0.684. The Morgan fingerprint density at radius 3 is 1.74 bits per heavy atom. The molecule has 0 aliphatic heterocycles. The maximum atomic E-state index is 10.0. The molecule has 0 saturated carbocycles. The first-order valence-electron chi connectivity index (χ1n) is 8.89. The van der Waals surface area contributed by atoms with Crippen molar-refractivity contribution >= 4 is 0 Å². The number of aliphatic hydroxyl groups is 2. The van der Waals surface area contributed by atoms with Gasteiger partial charge in [-0.2, -0.15) is 0 Å². The highest BCUT2D eigenvalue weighted by Gasteiger charge is 2.07. The third-order valence-corrected chi connectivity index (χ3v) is 4.23. The van der Waals surface area contributed by atoms with Crippen LogP contribution in [0.5, 0.6) is 11.5 Å². The minimum atomic E-state index is -0.434. The van der Waals surface area contributed by atoms with Gasteiger partial charge in [-0.3, -0.25) is 0 Å². The summed E-state index contributed by atoms with van der Waals surface area (Å²) >= 11 is 0. The molecule has 0 spiro atoms. The van der Waals surface area contributed by atoms with Gasteiger partial charge in [0.1, 0.15) is 11.5 Å². The first-order chi connectivity index (χ1) is 11.0. The van der Waals surface area contributed by atoms with Gasteiger partial charge < -0.3 is 20.4 Å². The second kappa shape index (κ2) is 11.3. The van der Waals surface area contributed by atoms with Crippen molar-refractivity contribution < 1.29 is 20.4 Å². The summed E-state index contributed by atoms with van der Waals surface area (Å²) in [5.41, 5.74) is 0.754. The molecule has 23 heavy (non-hydrogen) atoms. The van der Waals surface area contributed by atoms with E-state index in [0.717, 1.165) is 44.1 Å². The summed E-state index contributed by atoms with van der Waals surface area (Å²) in [7, 11) is 0. The van der Waals surface area contributed by atoms with Gasteiger partial charge in [0.05, 0.1) is 12.2 Å². The zero-order chi connectivity index (χ0) is 17.1. The molecule has 2 atom stereocenters. The molecular formula is C19H32O4. The maximum Gasteiger partial charge on any atom is 0.119 e. The fourth-order valence-electron chi connectivity index (χ4n) is 2.82. The molecule has 132 valence electrons. The van der Waals surface area contributed by atoms with Crippen molar-refractivity contribution in [1.82, 2.24) is 0 Å². The largest absolute Gasteiger partial charge is 0.508 e. The molecule has 0 unspecified atom stereocenters. The summed E-state index contributed by atoms with van der Waals surface area (Å²) in [5.74, 6) is 0.0563. The molecule has 0 radical (unpaired) electrons. The number of phenols is 2. The first kappa shape index (κ1) is 19.8. The molecule has 4 N–H and O–H groups in total. The minimum Gasteiger partial charge on any atom is -0.508 e. The third-order valence-electron chi connectivity index (χ3n) is 4.23. The van der Waals surface area contributed by atoms with Crippen molar-refractivity contribution in [2.75, 3.05) is 0 Å². The Kier molecular flexibility index (Phi) is 9.72. The van der Waals surface area contributed by atoms with Gasteiger partial charge in [-0.15, -0.1) is 0 Å². The molecule has 0 aliphatic rings. The molecule has 1 aromatic rings. The highest BCUT2D eigenvalue weighted by Crippen LogP contribution is 2.22. The van der Waals surface area contributed by atoms with Crippen molar-refractivity contribution in [3.63, 3.8) is 0 Å². The molecule has 0 fully saturated rings. The zero-order valence-corrected chi connectivity index (χ0v) is 14.2. The van der Waals surface area contributed by atoms with Gasteiger partial charge in [0.2, 0.25) is 0 Å². The van der Waals surface area contributed by atoms with Gasteiger partial charge in [0, 0.05) is 6.07 Å². The lowest BCUT2D eigenvalue weighted by Gasteiger charge is -2.11. The second-order valence-electron chi connectivity index (χ2n) is 6.48. The summed E-state index contributed by atoms with van der Waals surface area (Å²) in [4.78, 5) is 0. The van der Waals surface area contributed by atoms with E-state index in [1.807, 2.05) is 6.92 Å². The van der Waals surface area contributed by atoms with Crippen LogP contribution in [0.25, 0.3) is 0 Å². The van der Waals surface area contributed by atoms with E-state index < -0.39 is 6.10 Å². The number of phenolic OH excluding ortho intramolecular Hbond substituents is 2. The molecule has 0 amide bonds. The van der Waals surface area contributed by atoms with Crippen LogP contribution in [0.2, 0.25) is 0 Å². The molecule has 0 aromatic heterocycles. The highest BCUT2D eigenvalue weighted by atomic mass is 16.3. The molecule has 1 rings (SSSR count). The average molecular weight is 324 g/mol. The first-order valence-corrected chi connectivity index (χ1v) is 8.89. The number of rotatable bonds is 12. The van der Waals surface area contributed by atoms with Crippen molar-refractivity contribution in [1.29, 1.82) is 0 Å². The Morgan fingerprint density at radius 1 is 0.739 bits per heavy atom. The quantitative estimate of drug-likeness (QED) is 0.440. The lowest BCUT2D eigenvalue weighted by molar-refractivity contribution is 0.155. The van der Waals surface area contributed by atoms with Crippen molar-refractivity contribution in [2.24, 2.45) is 0 Å². The Balaban J connectivity index is 2.05. The number of benzene rings is 1. The van der Waals surface area contributed by atoms with Crippen LogP contribution in [0, 0.1) is 0 Å². The second-order valence-corrected chi connectivity index (χ2v) is 6.48. The van der Waals surface area contributed by atoms with Crippen LogP contribution in [0.4, 0.5) is 0 Å². The maximum absolute atomic E-state index is 10.0. The normalized spacial score (nSPS) is 13.9. The van der Waals surface area contributed by atoms with E-state index in [1.54, 1.807) is 12.1 Å². The minimum absolute atomic E-state index is 0.0281. The zero-order valence-electron chi connectivity index (χ0n) is 14.2. The van der Waals surface area contributed by atoms with E-state index in [4.69, 9.17) is 0 Å². The van der Waals surface area contributed by atoms with Gasteiger partial charge in [-0.05, 0) is 43.4 Å². The van der Waals surface area contributed by atoms with Gasteiger partial charge in [-0.25, -0.2) is 0 Å². The molecule has 1 aromatic carbocycles. The van der Waals surface area contributed by atoms with Crippen LogP contribution in [-0.4, -0.2) is 32.6 Å². The standard InChI is InChI=1S/C19H32O4/c1-2-16(20)9-7-5-3-4-6-8-10-17(21)11-15-12-18(22)14-19(23)13-15/h12-14,16-17,20-23H,2-11H2,1H3/t16-,17+/m0/s1. The van der Waals surface area contributed by atoms with E-state index in [1.165, 1.54) is 25.3 Å². The number of aromatic hydroxyl groups is 2. The van der Waals surface area contributed by atoms with Crippen LogP contribution in [0.1, 0.15) is 70.3 Å². The van der Waals surface area contributed by atoms with Gasteiger partial charge in [0.25, 0.3) is 0 Å². The number of hydrogen-bond acceptors (Lipinski definition) is 4. The SMILES string of the molecule is CC[C@H](O)CCCCCCCC[C@@H](O)Cc1cc(O)cc(O)c1. The lowest BCUT2D eigenvalue weighted by atomic mass is 10.0. The summed E-state index contributed by atoms with van der Waals surface area (Å²) in [6.07, 6.45) is 9.10. The molecule has 0 saturated heterocycles. The topological polar surface area (TPSA) is 80.9 Å². The Morgan fingerprint density at radius 2 is 1.22 bits per heavy atom. The summed E-state index contributed by atoms with van der Waals surface area (Å²) in [6, 6.07) is 4.44. The molecule has 0 heterocycles.